The van der Waals surface area contributed by atoms with E-state index in [0.717, 1.165) is 11.6 Å². The minimum atomic E-state index is -0.700. The quantitative estimate of drug-likeness (QED) is 0.476. The predicted molar refractivity (Wildman–Crippen MR) is 125 cm³/mol. The Bertz CT molecular complexity index is 1480. The van der Waals surface area contributed by atoms with E-state index >= 15 is 0 Å². The van der Waals surface area contributed by atoms with Crippen LogP contribution in [0, 0.1) is 18.6 Å². The highest BCUT2D eigenvalue weighted by Crippen LogP contribution is 2.41. The second kappa shape index (κ2) is 8.61. The Morgan fingerprint density at radius 3 is 2.67 bits per heavy atom. The highest BCUT2D eigenvalue weighted by Gasteiger charge is 2.26. The lowest BCUT2D eigenvalue weighted by Crippen LogP contribution is -2.34. The van der Waals surface area contributed by atoms with E-state index in [4.69, 9.17) is 4.74 Å². The number of hydrogen-bond acceptors (Lipinski definition) is 4. The summed E-state index contributed by atoms with van der Waals surface area (Å²) in [6.45, 7) is 2.40. The lowest BCUT2D eigenvalue weighted by Gasteiger charge is -2.17. The van der Waals surface area contributed by atoms with Gasteiger partial charge >= 0.3 is 5.69 Å². The Morgan fingerprint density at radius 1 is 1.12 bits per heavy atom. The Morgan fingerprint density at radius 2 is 1.91 bits per heavy atom. The number of H-pyrrole nitrogens is 1. The minimum Gasteiger partial charge on any atom is -0.371 e. The molecule has 1 aromatic heterocycles. The van der Waals surface area contributed by atoms with Gasteiger partial charge in [-0.2, -0.15) is 0 Å². The first kappa shape index (κ1) is 21.6. The first-order chi connectivity index (χ1) is 15.9. The van der Waals surface area contributed by atoms with Gasteiger partial charge in [-0.1, -0.05) is 30.3 Å². The van der Waals surface area contributed by atoms with Gasteiger partial charge in [0.25, 0.3) is 5.56 Å². The number of nitrogens with one attached hydrogen (secondary N) is 1. The summed E-state index contributed by atoms with van der Waals surface area (Å²) < 4.78 is 36.0. The second-order valence-electron chi connectivity index (χ2n) is 8.02. The summed E-state index contributed by atoms with van der Waals surface area (Å²) in [5.74, 6) is -0.874. The fraction of sp³-hybridized carbons (Fsp3) is 0.200. The van der Waals surface area contributed by atoms with Gasteiger partial charge in [-0.25, -0.2) is 13.6 Å². The van der Waals surface area contributed by atoms with E-state index in [0.29, 0.717) is 39.3 Å². The van der Waals surface area contributed by atoms with Crippen molar-refractivity contribution in [3.05, 3.63) is 98.2 Å². The molecule has 0 bridgehead atoms. The molecule has 4 aromatic rings. The average molecular weight is 467 g/mol. The van der Waals surface area contributed by atoms with Crippen LogP contribution in [0.2, 0.25) is 0 Å². The van der Waals surface area contributed by atoms with Crippen LogP contribution in [0.15, 0.2) is 69.1 Å². The average Bonchev–Trinajstić information content (AvgIpc) is 2.98. The highest BCUT2D eigenvalue weighted by molar-refractivity contribution is 7.99. The number of thioether (sulfide) groups is 1. The molecule has 33 heavy (non-hydrogen) atoms. The van der Waals surface area contributed by atoms with E-state index in [1.807, 2.05) is 30.3 Å². The molecule has 3 aromatic carbocycles. The molecule has 1 atom stereocenters. The maximum absolute atomic E-state index is 14.8. The highest BCUT2D eigenvalue weighted by atomic mass is 32.2. The molecule has 0 aliphatic carbocycles. The standard InChI is InChI=1S/C25H20F2N2O3S/c1-14-9-19-22-23(21(14)18-8-7-16(26)10-20(18)27)33-13-17(11-29(22)25(31)28-24(19)30)32-12-15-5-3-2-4-6-15/h2-10,17H,11-13H2,1H3,(H,28,30,31)/t17-/m0/s1. The van der Waals surface area contributed by atoms with Crippen LogP contribution in [0.3, 0.4) is 0 Å². The third kappa shape index (κ3) is 4.00. The van der Waals surface area contributed by atoms with Crippen LogP contribution in [0.1, 0.15) is 11.1 Å². The molecule has 5 nitrogen and oxygen atoms in total. The summed E-state index contributed by atoms with van der Waals surface area (Å²) in [4.78, 5) is 28.4. The molecular weight excluding hydrogens is 446 g/mol. The number of halogens is 2. The molecule has 0 unspecified atom stereocenters. The monoisotopic (exact) mass is 466 g/mol. The van der Waals surface area contributed by atoms with Crippen LogP contribution in [0.5, 0.6) is 0 Å². The summed E-state index contributed by atoms with van der Waals surface area (Å²) in [7, 11) is 0. The van der Waals surface area contributed by atoms with E-state index in [-0.39, 0.29) is 18.2 Å². The Kier molecular flexibility index (Phi) is 5.64. The van der Waals surface area contributed by atoms with E-state index in [2.05, 4.69) is 4.98 Å². The van der Waals surface area contributed by atoms with Crippen molar-refractivity contribution in [2.45, 2.75) is 31.1 Å². The van der Waals surface area contributed by atoms with Crippen molar-refractivity contribution in [2.75, 3.05) is 5.75 Å². The molecule has 0 radical (unpaired) electrons. The molecule has 1 N–H and O–H groups in total. The zero-order valence-electron chi connectivity index (χ0n) is 17.7. The summed E-state index contributed by atoms with van der Waals surface area (Å²) in [6, 6.07) is 14.8. The number of nitrogens with zero attached hydrogens (tertiary/aromatic N) is 1. The number of aromatic amines is 1. The molecule has 1 aliphatic heterocycles. The smallest absolute Gasteiger partial charge is 0.328 e. The molecule has 168 valence electrons. The van der Waals surface area contributed by atoms with Gasteiger partial charge in [-0.3, -0.25) is 14.3 Å². The first-order valence-electron chi connectivity index (χ1n) is 10.5. The maximum Gasteiger partial charge on any atom is 0.328 e. The van der Waals surface area contributed by atoms with Crippen molar-refractivity contribution >= 4 is 22.7 Å². The third-order valence-electron chi connectivity index (χ3n) is 5.76. The third-order valence-corrected chi connectivity index (χ3v) is 6.99. The van der Waals surface area contributed by atoms with Gasteiger partial charge in [-0.15, -0.1) is 11.8 Å². The lowest BCUT2D eigenvalue weighted by molar-refractivity contribution is 0.0454. The summed E-state index contributed by atoms with van der Waals surface area (Å²) in [6.07, 6.45) is -0.319. The number of ether oxygens (including phenoxy) is 1. The topological polar surface area (TPSA) is 64.1 Å². The SMILES string of the molecule is Cc1cc2c(=O)[nH]c(=O)n3c2c(c1-c1ccc(F)cc1F)SC[C@@H](OCc1ccccc1)C3. The van der Waals surface area contributed by atoms with Crippen LogP contribution in [-0.4, -0.2) is 21.4 Å². The zero-order chi connectivity index (χ0) is 23.1. The fourth-order valence-corrected chi connectivity index (χ4v) is 5.54. The Labute approximate surface area is 192 Å². The van der Waals surface area contributed by atoms with E-state index in [1.165, 1.54) is 28.5 Å². The van der Waals surface area contributed by atoms with Crippen LogP contribution in [-0.2, 0) is 17.9 Å². The summed E-state index contributed by atoms with van der Waals surface area (Å²) >= 11 is 1.41. The van der Waals surface area contributed by atoms with Gasteiger partial charge < -0.3 is 4.74 Å². The maximum atomic E-state index is 14.8. The largest absolute Gasteiger partial charge is 0.371 e. The molecule has 0 saturated heterocycles. The first-order valence-corrected chi connectivity index (χ1v) is 11.4. The Balaban J connectivity index is 1.65. The van der Waals surface area contributed by atoms with Crippen molar-refractivity contribution in [3.63, 3.8) is 0 Å². The van der Waals surface area contributed by atoms with Crippen molar-refractivity contribution in [1.82, 2.24) is 9.55 Å². The van der Waals surface area contributed by atoms with Gasteiger partial charge in [-0.05, 0) is 36.2 Å². The molecule has 0 spiro atoms. The molecule has 0 fully saturated rings. The summed E-state index contributed by atoms with van der Waals surface area (Å²) in [5, 5.41) is 0.351. The number of aryl methyl sites for hydroxylation is 1. The molecule has 8 heteroatoms. The van der Waals surface area contributed by atoms with Crippen molar-refractivity contribution < 1.29 is 13.5 Å². The summed E-state index contributed by atoms with van der Waals surface area (Å²) in [5.41, 5.74) is 1.85. The number of aromatic nitrogens is 2. The van der Waals surface area contributed by atoms with E-state index < -0.39 is 22.9 Å². The molecule has 0 amide bonds. The van der Waals surface area contributed by atoms with E-state index in [1.54, 1.807) is 13.0 Å². The molecular formula is C25H20F2N2O3S. The predicted octanol–water partition coefficient (Wildman–Crippen LogP) is 4.63. The van der Waals surface area contributed by atoms with E-state index in [9.17, 15) is 18.4 Å². The van der Waals surface area contributed by atoms with Crippen molar-refractivity contribution in [1.29, 1.82) is 0 Å². The Hall–Kier alpha value is -3.23. The van der Waals surface area contributed by atoms with Crippen LogP contribution >= 0.6 is 11.8 Å². The normalized spacial score (nSPS) is 15.5. The lowest BCUT2D eigenvalue weighted by atomic mass is 9.97. The molecule has 5 rings (SSSR count). The zero-order valence-corrected chi connectivity index (χ0v) is 18.5. The van der Waals surface area contributed by atoms with Gasteiger partial charge in [0.15, 0.2) is 0 Å². The van der Waals surface area contributed by atoms with Gasteiger partial charge in [0.05, 0.1) is 30.2 Å². The van der Waals surface area contributed by atoms with Crippen LogP contribution in [0.25, 0.3) is 22.0 Å². The van der Waals surface area contributed by atoms with Gasteiger partial charge in [0.2, 0.25) is 0 Å². The number of hydrogen-bond donors (Lipinski definition) is 1. The van der Waals surface area contributed by atoms with Gasteiger partial charge in [0.1, 0.15) is 11.6 Å². The van der Waals surface area contributed by atoms with Crippen molar-refractivity contribution in [3.8, 4) is 11.1 Å². The fourth-order valence-electron chi connectivity index (χ4n) is 4.21. The molecule has 1 aliphatic rings. The van der Waals surface area contributed by atoms with Gasteiger partial charge in [0, 0.05) is 27.8 Å². The molecule has 0 saturated carbocycles. The number of rotatable bonds is 4. The minimum absolute atomic E-state index is 0.223. The van der Waals surface area contributed by atoms with Crippen molar-refractivity contribution in [2.24, 2.45) is 0 Å². The number of benzene rings is 3. The van der Waals surface area contributed by atoms with Crippen LogP contribution < -0.4 is 11.2 Å². The molecule has 2 heterocycles. The second-order valence-corrected chi connectivity index (χ2v) is 9.05. The van der Waals surface area contributed by atoms with Crippen LogP contribution in [0.4, 0.5) is 8.78 Å².